The van der Waals surface area contributed by atoms with E-state index in [-0.39, 0.29) is 13.2 Å². The number of nitrogens with zero attached hydrogens (tertiary/aromatic N) is 1. The van der Waals surface area contributed by atoms with E-state index < -0.39 is 0 Å². The summed E-state index contributed by atoms with van der Waals surface area (Å²) in [6.07, 6.45) is 0. The van der Waals surface area contributed by atoms with Gasteiger partial charge in [-0.15, -0.1) is 0 Å². The summed E-state index contributed by atoms with van der Waals surface area (Å²) in [4.78, 5) is 0. The highest BCUT2D eigenvalue weighted by molar-refractivity contribution is 5.63. The first-order valence-corrected chi connectivity index (χ1v) is 5.54. The Morgan fingerprint density at radius 3 is 2.88 bits per heavy atom. The predicted molar refractivity (Wildman–Crippen MR) is 67.3 cm³/mol. The summed E-state index contributed by atoms with van der Waals surface area (Å²) in [5, 5.41) is 23.4. The van der Waals surface area contributed by atoms with Crippen molar-refractivity contribution in [2.45, 2.75) is 6.92 Å². The molecule has 17 heavy (non-hydrogen) atoms. The van der Waals surface area contributed by atoms with Gasteiger partial charge in [0.2, 0.25) is 0 Å². The number of aliphatic hydroxyl groups excluding tert-OH is 1. The van der Waals surface area contributed by atoms with Crippen molar-refractivity contribution in [1.82, 2.24) is 0 Å². The molecule has 5 heteroatoms. The molecular formula is C12H17N3O2. The van der Waals surface area contributed by atoms with Gasteiger partial charge in [0.1, 0.15) is 11.8 Å². The molecule has 0 saturated heterocycles. The Hall–Kier alpha value is -1.93. The summed E-state index contributed by atoms with van der Waals surface area (Å²) >= 11 is 0. The number of ether oxygens (including phenoxy) is 1. The third-order valence-electron chi connectivity index (χ3n) is 2.08. The Morgan fingerprint density at radius 1 is 1.41 bits per heavy atom. The normalized spacial score (nSPS) is 9.47. The van der Waals surface area contributed by atoms with Crippen LogP contribution in [-0.2, 0) is 0 Å². The highest BCUT2D eigenvalue weighted by Crippen LogP contribution is 2.28. The standard InChI is InChI=1S/C12H17N3O2/c1-2-14-11-4-3-10(15-6-7-16)9-12(11)17-8-5-13/h3-4,9,14-16H,2,6-8H2,1H3. The quantitative estimate of drug-likeness (QED) is 0.666. The second-order valence-electron chi connectivity index (χ2n) is 3.34. The minimum absolute atomic E-state index is 0.0157. The van der Waals surface area contributed by atoms with Crippen LogP contribution < -0.4 is 15.4 Å². The van der Waals surface area contributed by atoms with Crippen molar-refractivity contribution in [1.29, 1.82) is 5.26 Å². The second kappa shape index (κ2) is 7.36. The second-order valence-corrected chi connectivity index (χ2v) is 3.34. The number of hydrogen-bond acceptors (Lipinski definition) is 5. The Kier molecular flexibility index (Phi) is 5.69. The van der Waals surface area contributed by atoms with Crippen LogP contribution in [0.4, 0.5) is 11.4 Å². The molecule has 0 aliphatic rings. The Balaban J connectivity index is 2.81. The minimum atomic E-state index is 0.0157. The number of hydrogen-bond donors (Lipinski definition) is 3. The van der Waals surface area contributed by atoms with Crippen molar-refractivity contribution in [3.63, 3.8) is 0 Å². The van der Waals surface area contributed by atoms with Gasteiger partial charge in [-0.2, -0.15) is 5.26 Å². The van der Waals surface area contributed by atoms with Gasteiger partial charge < -0.3 is 20.5 Å². The topological polar surface area (TPSA) is 77.3 Å². The highest BCUT2D eigenvalue weighted by atomic mass is 16.5. The number of anilines is 2. The zero-order valence-corrected chi connectivity index (χ0v) is 9.86. The van der Waals surface area contributed by atoms with E-state index in [1.165, 1.54) is 0 Å². The molecule has 0 radical (unpaired) electrons. The van der Waals surface area contributed by atoms with Crippen LogP contribution in [0.15, 0.2) is 18.2 Å². The van der Waals surface area contributed by atoms with Crippen molar-refractivity contribution in [2.75, 3.05) is 36.9 Å². The third kappa shape index (κ3) is 4.21. The minimum Gasteiger partial charge on any atom is -0.477 e. The van der Waals surface area contributed by atoms with E-state index in [1.807, 2.05) is 31.2 Å². The van der Waals surface area contributed by atoms with E-state index in [0.717, 1.165) is 17.9 Å². The molecule has 0 saturated carbocycles. The number of nitrogens with one attached hydrogen (secondary N) is 2. The molecule has 1 aromatic rings. The van der Waals surface area contributed by atoms with Crippen LogP contribution in [0.1, 0.15) is 6.92 Å². The fourth-order valence-electron chi connectivity index (χ4n) is 1.40. The molecule has 0 amide bonds. The maximum atomic E-state index is 8.73. The first-order chi connectivity index (χ1) is 8.31. The average molecular weight is 235 g/mol. The fraction of sp³-hybridized carbons (Fsp3) is 0.417. The molecule has 0 atom stereocenters. The number of benzene rings is 1. The van der Waals surface area contributed by atoms with Crippen LogP contribution in [0, 0.1) is 11.3 Å². The van der Waals surface area contributed by atoms with Crippen molar-refractivity contribution in [2.24, 2.45) is 0 Å². The van der Waals surface area contributed by atoms with E-state index in [2.05, 4.69) is 10.6 Å². The van der Waals surface area contributed by atoms with Gasteiger partial charge in [-0.05, 0) is 19.1 Å². The number of aliphatic hydroxyl groups is 1. The maximum absolute atomic E-state index is 8.73. The summed E-state index contributed by atoms with van der Waals surface area (Å²) in [6.45, 7) is 3.35. The summed E-state index contributed by atoms with van der Waals surface area (Å²) < 4.78 is 5.33. The van der Waals surface area contributed by atoms with Crippen LogP contribution in [0.25, 0.3) is 0 Å². The van der Waals surface area contributed by atoms with Crippen LogP contribution in [0.2, 0.25) is 0 Å². The van der Waals surface area contributed by atoms with E-state index in [0.29, 0.717) is 12.3 Å². The summed E-state index contributed by atoms with van der Waals surface area (Å²) in [5.41, 5.74) is 1.71. The molecule has 92 valence electrons. The fourth-order valence-corrected chi connectivity index (χ4v) is 1.40. The molecule has 3 N–H and O–H groups in total. The molecule has 0 unspecified atom stereocenters. The number of rotatable bonds is 7. The van der Waals surface area contributed by atoms with Crippen molar-refractivity contribution >= 4 is 11.4 Å². The molecule has 0 aliphatic heterocycles. The first-order valence-electron chi connectivity index (χ1n) is 5.54. The van der Waals surface area contributed by atoms with E-state index in [4.69, 9.17) is 15.1 Å². The molecular weight excluding hydrogens is 218 g/mol. The van der Waals surface area contributed by atoms with Crippen molar-refractivity contribution < 1.29 is 9.84 Å². The van der Waals surface area contributed by atoms with Gasteiger partial charge in [-0.3, -0.25) is 0 Å². The molecule has 0 aromatic heterocycles. The molecule has 1 rings (SSSR count). The van der Waals surface area contributed by atoms with Crippen LogP contribution in [0.5, 0.6) is 5.75 Å². The SMILES string of the molecule is CCNc1ccc(NCCO)cc1OCC#N. The monoisotopic (exact) mass is 235 g/mol. The van der Waals surface area contributed by atoms with E-state index in [1.54, 1.807) is 0 Å². The lowest BCUT2D eigenvalue weighted by Gasteiger charge is -2.13. The smallest absolute Gasteiger partial charge is 0.174 e. The summed E-state index contributed by atoms with van der Waals surface area (Å²) in [5.74, 6) is 0.635. The lowest BCUT2D eigenvalue weighted by molar-refractivity contribution is 0.311. The van der Waals surface area contributed by atoms with Crippen molar-refractivity contribution in [3.05, 3.63) is 18.2 Å². The summed E-state index contributed by atoms with van der Waals surface area (Å²) in [7, 11) is 0. The zero-order chi connectivity index (χ0) is 12.5. The van der Waals surface area contributed by atoms with Gasteiger partial charge in [-0.25, -0.2) is 0 Å². The molecule has 0 spiro atoms. The molecule has 0 aliphatic carbocycles. The van der Waals surface area contributed by atoms with Gasteiger partial charge in [0.25, 0.3) is 0 Å². The molecule has 0 bridgehead atoms. The lowest BCUT2D eigenvalue weighted by atomic mass is 10.2. The van der Waals surface area contributed by atoms with Gasteiger partial charge in [0.15, 0.2) is 6.61 Å². The highest BCUT2D eigenvalue weighted by Gasteiger charge is 2.04. The van der Waals surface area contributed by atoms with Gasteiger partial charge in [0, 0.05) is 24.8 Å². The van der Waals surface area contributed by atoms with Crippen molar-refractivity contribution in [3.8, 4) is 11.8 Å². The maximum Gasteiger partial charge on any atom is 0.174 e. The molecule has 0 heterocycles. The van der Waals surface area contributed by atoms with Crippen LogP contribution in [0.3, 0.4) is 0 Å². The Bertz CT molecular complexity index is 388. The number of nitriles is 1. The first kappa shape index (κ1) is 13.1. The molecule has 0 fully saturated rings. The van der Waals surface area contributed by atoms with Gasteiger partial charge in [0.05, 0.1) is 12.3 Å². The van der Waals surface area contributed by atoms with E-state index in [9.17, 15) is 0 Å². The Morgan fingerprint density at radius 2 is 2.24 bits per heavy atom. The van der Waals surface area contributed by atoms with E-state index >= 15 is 0 Å². The molecule has 1 aromatic carbocycles. The third-order valence-corrected chi connectivity index (χ3v) is 2.08. The predicted octanol–water partition coefficient (Wildman–Crippen LogP) is 1.42. The summed E-state index contributed by atoms with van der Waals surface area (Å²) in [6, 6.07) is 7.53. The zero-order valence-electron chi connectivity index (χ0n) is 9.86. The van der Waals surface area contributed by atoms with Crippen LogP contribution in [-0.4, -0.2) is 31.4 Å². The molecule has 5 nitrogen and oxygen atoms in total. The lowest BCUT2D eigenvalue weighted by Crippen LogP contribution is -2.07. The van der Waals surface area contributed by atoms with Crippen LogP contribution >= 0.6 is 0 Å². The van der Waals surface area contributed by atoms with Gasteiger partial charge in [-0.1, -0.05) is 0 Å². The Labute approximate surface area is 101 Å². The van der Waals surface area contributed by atoms with Gasteiger partial charge >= 0.3 is 0 Å². The average Bonchev–Trinajstić information content (AvgIpc) is 2.36. The largest absolute Gasteiger partial charge is 0.477 e.